The molecule has 118 valence electrons. The number of aryl methyl sites for hydroxylation is 2. The van der Waals surface area contributed by atoms with Gasteiger partial charge in [0.05, 0.1) is 24.9 Å². The topological polar surface area (TPSA) is 65.4 Å². The average Bonchev–Trinajstić information content (AvgIpc) is 2.77. The second-order valence-corrected chi connectivity index (χ2v) is 4.95. The summed E-state index contributed by atoms with van der Waals surface area (Å²) in [7, 11) is 3.44. The number of hydrogen-bond donors (Lipinski definition) is 1. The van der Waals surface area contributed by atoms with Crippen LogP contribution in [0.3, 0.4) is 0 Å². The fourth-order valence-electron chi connectivity index (χ4n) is 2.20. The number of methoxy groups -OCH3 is 1. The first-order valence-electron chi connectivity index (χ1n) is 7.08. The van der Waals surface area contributed by atoms with Gasteiger partial charge in [-0.05, 0) is 38.1 Å². The van der Waals surface area contributed by atoms with Crippen molar-refractivity contribution >= 4 is 5.91 Å². The molecule has 1 amide bonds. The van der Waals surface area contributed by atoms with Crippen molar-refractivity contribution in [3.8, 4) is 11.5 Å². The standard InChI is InChI=1S/C16H21N3O3/c1-11-15(12(2)19(3)18-11)16(20)17-9-10-22-14-7-5-13(21-4)6-8-14/h5-8H,9-10H2,1-4H3,(H,17,20). The van der Waals surface area contributed by atoms with Crippen molar-refractivity contribution in [1.29, 1.82) is 0 Å². The van der Waals surface area contributed by atoms with Gasteiger partial charge in [-0.1, -0.05) is 0 Å². The van der Waals surface area contributed by atoms with E-state index in [0.29, 0.717) is 18.7 Å². The van der Waals surface area contributed by atoms with E-state index in [2.05, 4.69) is 10.4 Å². The largest absolute Gasteiger partial charge is 0.497 e. The first-order valence-corrected chi connectivity index (χ1v) is 7.08. The molecule has 22 heavy (non-hydrogen) atoms. The number of amides is 1. The number of nitrogens with one attached hydrogen (secondary N) is 1. The number of rotatable bonds is 6. The maximum Gasteiger partial charge on any atom is 0.255 e. The third-order valence-corrected chi connectivity index (χ3v) is 3.45. The molecule has 0 radical (unpaired) electrons. The highest BCUT2D eigenvalue weighted by Gasteiger charge is 2.16. The van der Waals surface area contributed by atoms with E-state index in [1.165, 1.54) is 0 Å². The molecule has 2 aromatic rings. The lowest BCUT2D eigenvalue weighted by Crippen LogP contribution is -2.28. The van der Waals surface area contributed by atoms with E-state index in [1.807, 2.05) is 45.2 Å². The molecule has 0 unspecified atom stereocenters. The monoisotopic (exact) mass is 303 g/mol. The SMILES string of the molecule is COc1ccc(OCCNC(=O)c2c(C)nn(C)c2C)cc1. The number of ether oxygens (including phenoxy) is 2. The Morgan fingerprint density at radius 1 is 1.23 bits per heavy atom. The highest BCUT2D eigenvalue weighted by Crippen LogP contribution is 2.16. The van der Waals surface area contributed by atoms with Gasteiger partial charge in [-0.3, -0.25) is 9.48 Å². The van der Waals surface area contributed by atoms with E-state index < -0.39 is 0 Å². The van der Waals surface area contributed by atoms with E-state index in [0.717, 1.165) is 22.9 Å². The summed E-state index contributed by atoms with van der Waals surface area (Å²) in [5.74, 6) is 1.40. The van der Waals surface area contributed by atoms with Gasteiger partial charge < -0.3 is 14.8 Å². The zero-order valence-corrected chi connectivity index (χ0v) is 13.3. The highest BCUT2D eigenvalue weighted by atomic mass is 16.5. The molecule has 1 aromatic carbocycles. The Labute approximate surface area is 130 Å². The van der Waals surface area contributed by atoms with Crippen LogP contribution in [0.25, 0.3) is 0 Å². The van der Waals surface area contributed by atoms with Gasteiger partial charge in [-0.15, -0.1) is 0 Å². The predicted molar refractivity (Wildman–Crippen MR) is 83.5 cm³/mol. The molecule has 0 saturated carbocycles. The zero-order valence-electron chi connectivity index (χ0n) is 13.3. The Kier molecular flexibility index (Phi) is 5.04. The molecule has 0 bridgehead atoms. The van der Waals surface area contributed by atoms with Crippen LogP contribution in [0.5, 0.6) is 11.5 Å². The second kappa shape index (κ2) is 6.98. The van der Waals surface area contributed by atoms with Crippen molar-refractivity contribution < 1.29 is 14.3 Å². The third kappa shape index (κ3) is 3.58. The lowest BCUT2D eigenvalue weighted by atomic mass is 10.2. The zero-order chi connectivity index (χ0) is 16.1. The molecule has 6 nitrogen and oxygen atoms in total. The Morgan fingerprint density at radius 3 is 2.41 bits per heavy atom. The van der Waals surface area contributed by atoms with Crippen LogP contribution >= 0.6 is 0 Å². The third-order valence-electron chi connectivity index (χ3n) is 3.45. The molecular weight excluding hydrogens is 282 g/mol. The van der Waals surface area contributed by atoms with Gasteiger partial charge in [0.15, 0.2) is 0 Å². The molecule has 0 aliphatic carbocycles. The summed E-state index contributed by atoms with van der Waals surface area (Å²) in [5, 5.41) is 7.08. The maximum absolute atomic E-state index is 12.2. The predicted octanol–water partition coefficient (Wildman–Crippen LogP) is 1.85. The summed E-state index contributed by atoms with van der Waals surface area (Å²) in [6.07, 6.45) is 0. The minimum Gasteiger partial charge on any atom is -0.497 e. The molecule has 2 rings (SSSR count). The maximum atomic E-state index is 12.2. The first kappa shape index (κ1) is 15.9. The van der Waals surface area contributed by atoms with Crippen LogP contribution in [0.4, 0.5) is 0 Å². The first-order chi connectivity index (χ1) is 10.5. The number of carbonyl (C=O) groups is 1. The molecule has 1 N–H and O–H groups in total. The van der Waals surface area contributed by atoms with E-state index >= 15 is 0 Å². The number of hydrogen-bond acceptors (Lipinski definition) is 4. The second-order valence-electron chi connectivity index (χ2n) is 4.95. The summed E-state index contributed by atoms with van der Waals surface area (Å²) in [4.78, 5) is 12.2. The Morgan fingerprint density at radius 2 is 1.86 bits per heavy atom. The summed E-state index contributed by atoms with van der Waals surface area (Å²) >= 11 is 0. The van der Waals surface area contributed by atoms with Crippen LogP contribution in [0.15, 0.2) is 24.3 Å². The summed E-state index contributed by atoms with van der Waals surface area (Å²) in [6.45, 7) is 4.54. The van der Waals surface area contributed by atoms with Crippen molar-refractivity contribution in [2.75, 3.05) is 20.3 Å². The fourth-order valence-corrected chi connectivity index (χ4v) is 2.20. The van der Waals surface area contributed by atoms with Gasteiger partial charge in [0, 0.05) is 12.7 Å². The van der Waals surface area contributed by atoms with Gasteiger partial charge in [0.25, 0.3) is 5.91 Å². The van der Waals surface area contributed by atoms with E-state index in [1.54, 1.807) is 11.8 Å². The Balaban J connectivity index is 1.82. The van der Waals surface area contributed by atoms with Crippen LogP contribution < -0.4 is 14.8 Å². The van der Waals surface area contributed by atoms with Crippen molar-refractivity contribution in [2.24, 2.45) is 7.05 Å². The van der Waals surface area contributed by atoms with Gasteiger partial charge in [-0.25, -0.2) is 0 Å². The lowest BCUT2D eigenvalue weighted by molar-refractivity contribution is 0.0945. The van der Waals surface area contributed by atoms with Crippen LogP contribution in [-0.2, 0) is 7.05 Å². The lowest BCUT2D eigenvalue weighted by Gasteiger charge is -2.08. The number of nitrogens with zero attached hydrogens (tertiary/aromatic N) is 2. The molecule has 0 fully saturated rings. The van der Waals surface area contributed by atoms with Crippen molar-refractivity contribution in [2.45, 2.75) is 13.8 Å². The van der Waals surface area contributed by atoms with Crippen molar-refractivity contribution in [3.05, 3.63) is 41.2 Å². The van der Waals surface area contributed by atoms with E-state index in [4.69, 9.17) is 9.47 Å². The minimum atomic E-state index is -0.124. The number of benzene rings is 1. The van der Waals surface area contributed by atoms with Gasteiger partial charge in [-0.2, -0.15) is 5.10 Å². The molecule has 0 aliphatic heterocycles. The fraction of sp³-hybridized carbons (Fsp3) is 0.375. The molecule has 6 heteroatoms. The average molecular weight is 303 g/mol. The normalized spacial score (nSPS) is 10.4. The van der Waals surface area contributed by atoms with Crippen LogP contribution in [0, 0.1) is 13.8 Å². The molecule has 0 aliphatic rings. The van der Waals surface area contributed by atoms with Gasteiger partial charge >= 0.3 is 0 Å². The van der Waals surface area contributed by atoms with Crippen molar-refractivity contribution in [1.82, 2.24) is 15.1 Å². The van der Waals surface area contributed by atoms with Gasteiger partial charge in [0.1, 0.15) is 18.1 Å². The van der Waals surface area contributed by atoms with E-state index in [9.17, 15) is 4.79 Å². The van der Waals surface area contributed by atoms with Gasteiger partial charge in [0.2, 0.25) is 0 Å². The number of aromatic nitrogens is 2. The van der Waals surface area contributed by atoms with Crippen LogP contribution in [-0.4, -0.2) is 35.9 Å². The van der Waals surface area contributed by atoms with Crippen molar-refractivity contribution in [3.63, 3.8) is 0 Å². The summed E-state index contributed by atoms with van der Waals surface area (Å²) < 4.78 is 12.4. The van der Waals surface area contributed by atoms with Crippen LogP contribution in [0.1, 0.15) is 21.7 Å². The molecule has 0 atom stereocenters. The molecule has 1 aromatic heterocycles. The number of carbonyl (C=O) groups excluding carboxylic acids is 1. The minimum absolute atomic E-state index is 0.124. The summed E-state index contributed by atoms with van der Waals surface area (Å²) in [6, 6.07) is 7.32. The Bertz CT molecular complexity index is 647. The summed E-state index contributed by atoms with van der Waals surface area (Å²) in [5.41, 5.74) is 2.21. The van der Waals surface area contributed by atoms with Crippen LogP contribution in [0.2, 0.25) is 0 Å². The smallest absolute Gasteiger partial charge is 0.255 e. The van der Waals surface area contributed by atoms with E-state index in [-0.39, 0.29) is 5.91 Å². The Hall–Kier alpha value is -2.50. The molecular formula is C16H21N3O3. The molecule has 0 saturated heterocycles. The highest BCUT2D eigenvalue weighted by molar-refractivity contribution is 5.96. The quantitative estimate of drug-likeness (QED) is 0.827. The molecule has 1 heterocycles. The molecule has 0 spiro atoms.